The van der Waals surface area contributed by atoms with E-state index in [0.717, 1.165) is 17.0 Å². The minimum atomic E-state index is -4.43. The lowest BCUT2D eigenvalue weighted by molar-refractivity contribution is -0.137. The molecule has 1 aromatic carbocycles. The minimum absolute atomic E-state index is 0.0169. The van der Waals surface area contributed by atoms with Gasteiger partial charge in [-0.25, -0.2) is 0 Å². The number of nitrogens with one attached hydrogen (secondary N) is 1. The predicted molar refractivity (Wildman–Crippen MR) is 78.0 cm³/mol. The van der Waals surface area contributed by atoms with Gasteiger partial charge < -0.3 is 10.1 Å². The summed E-state index contributed by atoms with van der Waals surface area (Å²) in [6.45, 7) is 0.150. The molecule has 118 valence electrons. The summed E-state index contributed by atoms with van der Waals surface area (Å²) in [6.07, 6.45) is -3.71. The molecule has 0 saturated carbocycles. The van der Waals surface area contributed by atoms with Crippen molar-refractivity contribution in [3.8, 4) is 5.75 Å². The Labute approximate surface area is 129 Å². The number of thiophene rings is 1. The maximum atomic E-state index is 12.5. The molecule has 0 aliphatic rings. The van der Waals surface area contributed by atoms with Gasteiger partial charge in [0.15, 0.2) is 6.61 Å². The van der Waals surface area contributed by atoms with Gasteiger partial charge >= 0.3 is 6.18 Å². The Morgan fingerprint density at radius 1 is 1.23 bits per heavy atom. The Balaban J connectivity index is 1.76. The van der Waals surface area contributed by atoms with E-state index in [1.54, 1.807) is 11.3 Å². The molecule has 0 aliphatic carbocycles. The van der Waals surface area contributed by atoms with Crippen LogP contribution in [0, 0.1) is 0 Å². The van der Waals surface area contributed by atoms with Crippen molar-refractivity contribution in [2.45, 2.75) is 12.6 Å². The number of carbonyl (C=O) groups is 1. The summed E-state index contributed by atoms with van der Waals surface area (Å²) in [6, 6.07) is 8.35. The molecule has 2 aromatic rings. The second-order valence-corrected chi connectivity index (χ2v) is 5.53. The molecular weight excluding hydrogens is 315 g/mol. The average molecular weight is 329 g/mol. The van der Waals surface area contributed by atoms with E-state index in [2.05, 4.69) is 5.32 Å². The number of hydrogen-bond donors (Lipinski definition) is 1. The summed E-state index contributed by atoms with van der Waals surface area (Å²) in [7, 11) is 0. The Bertz CT molecular complexity index is 612. The molecule has 1 aromatic heterocycles. The second-order valence-electron chi connectivity index (χ2n) is 4.49. The van der Waals surface area contributed by atoms with E-state index in [1.165, 1.54) is 12.1 Å². The average Bonchev–Trinajstić information content (AvgIpc) is 2.98. The molecule has 2 rings (SSSR count). The first-order chi connectivity index (χ1) is 10.4. The number of ether oxygens (including phenoxy) is 1. The highest BCUT2D eigenvalue weighted by molar-refractivity contribution is 7.09. The first-order valence-electron chi connectivity index (χ1n) is 6.54. The van der Waals surface area contributed by atoms with Gasteiger partial charge in [0.2, 0.25) is 0 Å². The van der Waals surface area contributed by atoms with Crippen LogP contribution in [0.4, 0.5) is 13.2 Å². The number of benzene rings is 1. The van der Waals surface area contributed by atoms with Crippen molar-refractivity contribution in [2.24, 2.45) is 0 Å². The SMILES string of the molecule is O=C(COc1cccc(C(F)(F)F)c1)NCCc1cccs1. The van der Waals surface area contributed by atoms with Crippen molar-refractivity contribution < 1.29 is 22.7 Å². The number of hydrogen-bond acceptors (Lipinski definition) is 3. The van der Waals surface area contributed by atoms with E-state index in [-0.39, 0.29) is 18.3 Å². The summed E-state index contributed by atoms with van der Waals surface area (Å²) in [5.74, 6) is -0.350. The fourth-order valence-electron chi connectivity index (χ4n) is 1.74. The highest BCUT2D eigenvalue weighted by Gasteiger charge is 2.30. The van der Waals surface area contributed by atoms with Crippen LogP contribution in [0.15, 0.2) is 41.8 Å². The first kappa shape index (κ1) is 16.4. The molecule has 0 radical (unpaired) electrons. The molecule has 0 spiro atoms. The minimum Gasteiger partial charge on any atom is -0.484 e. The van der Waals surface area contributed by atoms with Crippen LogP contribution in [0.2, 0.25) is 0 Å². The number of rotatable bonds is 6. The molecule has 22 heavy (non-hydrogen) atoms. The third-order valence-electron chi connectivity index (χ3n) is 2.80. The molecule has 0 unspecified atom stereocenters. The number of carbonyl (C=O) groups excluding carboxylic acids is 1. The highest BCUT2D eigenvalue weighted by Crippen LogP contribution is 2.31. The van der Waals surface area contributed by atoms with Crippen molar-refractivity contribution >= 4 is 17.2 Å². The van der Waals surface area contributed by atoms with E-state index in [1.807, 2.05) is 17.5 Å². The zero-order chi connectivity index (χ0) is 16.0. The van der Waals surface area contributed by atoms with Gasteiger partial charge in [-0.1, -0.05) is 12.1 Å². The molecule has 0 atom stereocenters. The van der Waals surface area contributed by atoms with Gasteiger partial charge in [-0.2, -0.15) is 13.2 Å². The summed E-state index contributed by atoms with van der Waals surface area (Å²) in [5.41, 5.74) is -0.803. The summed E-state index contributed by atoms with van der Waals surface area (Å²) in [5, 5.41) is 4.61. The Morgan fingerprint density at radius 2 is 2.05 bits per heavy atom. The largest absolute Gasteiger partial charge is 0.484 e. The summed E-state index contributed by atoms with van der Waals surface area (Å²) < 4.78 is 42.7. The van der Waals surface area contributed by atoms with Crippen LogP contribution in [0.3, 0.4) is 0 Å². The lowest BCUT2D eigenvalue weighted by atomic mass is 10.2. The quantitative estimate of drug-likeness (QED) is 0.881. The topological polar surface area (TPSA) is 38.3 Å². The first-order valence-corrected chi connectivity index (χ1v) is 7.42. The Morgan fingerprint density at radius 3 is 2.73 bits per heavy atom. The van der Waals surface area contributed by atoms with Crippen LogP contribution >= 0.6 is 11.3 Å². The van der Waals surface area contributed by atoms with Gasteiger partial charge in [0.25, 0.3) is 5.91 Å². The lowest BCUT2D eigenvalue weighted by Gasteiger charge is -2.10. The van der Waals surface area contributed by atoms with E-state index in [4.69, 9.17) is 4.74 Å². The summed E-state index contributed by atoms with van der Waals surface area (Å²) >= 11 is 1.60. The molecule has 1 amide bonds. The van der Waals surface area contributed by atoms with Crippen molar-refractivity contribution in [3.63, 3.8) is 0 Å². The second kappa shape index (κ2) is 7.31. The van der Waals surface area contributed by atoms with Crippen LogP contribution in [0.25, 0.3) is 0 Å². The van der Waals surface area contributed by atoms with Gasteiger partial charge in [0.05, 0.1) is 5.56 Å². The molecule has 3 nitrogen and oxygen atoms in total. The molecule has 0 bridgehead atoms. The Kier molecular flexibility index (Phi) is 5.43. The van der Waals surface area contributed by atoms with Gasteiger partial charge in [-0.05, 0) is 36.1 Å². The van der Waals surface area contributed by atoms with Gasteiger partial charge in [0.1, 0.15) is 5.75 Å². The molecule has 7 heteroatoms. The monoisotopic (exact) mass is 329 g/mol. The van der Waals surface area contributed by atoms with Crippen molar-refractivity contribution in [3.05, 3.63) is 52.2 Å². The maximum absolute atomic E-state index is 12.5. The van der Waals surface area contributed by atoms with E-state index >= 15 is 0 Å². The third kappa shape index (κ3) is 5.07. The number of amides is 1. The van der Waals surface area contributed by atoms with Crippen molar-refractivity contribution in [1.82, 2.24) is 5.32 Å². The Hall–Kier alpha value is -2.02. The molecule has 1 N–H and O–H groups in total. The third-order valence-corrected chi connectivity index (χ3v) is 3.74. The molecular formula is C15H14F3NO2S. The van der Waals surface area contributed by atoms with Gasteiger partial charge in [-0.3, -0.25) is 4.79 Å². The van der Waals surface area contributed by atoms with E-state index in [0.29, 0.717) is 13.0 Å². The zero-order valence-electron chi connectivity index (χ0n) is 11.5. The fourth-order valence-corrected chi connectivity index (χ4v) is 2.45. The van der Waals surface area contributed by atoms with Crippen molar-refractivity contribution in [1.29, 1.82) is 0 Å². The summed E-state index contributed by atoms with van der Waals surface area (Å²) in [4.78, 5) is 12.7. The van der Waals surface area contributed by atoms with Gasteiger partial charge in [0, 0.05) is 11.4 Å². The highest BCUT2D eigenvalue weighted by atomic mass is 32.1. The molecule has 0 aliphatic heterocycles. The maximum Gasteiger partial charge on any atom is 0.416 e. The van der Waals surface area contributed by atoms with Crippen molar-refractivity contribution in [2.75, 3.05) is 13.2 Å². The zero-order valence-corrected chi connectivity index (χ0v) is 12.3. The fraction of sp³-hybridized carbons (Fsp3) is 0.267. The lowest BCUT2D eigenvalue weighted by Crippen LogP contribution is -2.30. The van der Waals surface area contributed by atoms with Crippen LogP contribution < -0.4 is 10.1 Å². The molecule has 0 saturated heterocycles. The van der Waals surface area contributed by atoms with Crippen LogP contribution in [-0.4, -0.2) is 19.1 Å². The molecule has 1 heterocycles. The molecule has 0 fully saturated rings. The smallest absolute Gasteiger partial charge is 0.416 e. The normalized spacial score (nSPS) is 11.2. The predicted octanol–water partition coefficient (Wildman–Crippen LogP) is 3.50. The number of halogens is 3. The van der Waals surface area contributed by atoms with E-state index < -0.39 is 11.7 Å². The number of alkyl halides is 3. The standard InChI is InChI=1S/C15H14F3NO2S/c16-15(17,18)11-3-1-4-12(9-11)21-10-14(20)19-7-6-13-5-2-8-22-13/h1-5,8-9H,6-7,10H2,(H,19,20). The van der Waals surface area contributed by atoms with Crippen LogP contribution in [0.1, 0.15) is 10.4 Å². The van der Waals surface area contributed by atoms with Gasteiger partial charge in [-0.15, -0.1) is 11.3 Å². The van der Waals surface area contributed by atoms with Crippen LogP contribution in [-0.2, 0) is 17.4 Å². The van der Waals surface area contributed by atoms with Crippen LogP contribution in [0.5, 0.6) is 5.75 Å². The van der Waals surface area contributed by atoms with E-state index in [9.17, 15) is 18.0 Å².